The fourth-order valence-corrected chi connectivity index (χ4v) is 3.03. The number of aromatic nitrogens is 4. The molecule has 86 valence electrons. The zero-order valence-electron chi connectivity index (χ0n) is 9.39. The van der Waals surface area contributed by atoms with Gasteiger partial charge in [0, 0.05) is 7.05 Å². The maximum atomic E-state index is 6.02. The number of rotatable bonds is 3. The summed E-state index contributed by atoms with van der Waals surface area (Å²) >= 11 is 2.90. The highest BCUT2D eigenvalue weighted by atomic mass is 32.2. The molecule has 0 amide bonds. The summed E-state index contributed by atoms with van der Waals surface area (Å²) in [6.45, 7) is 3.92. The number of nitrogen functional groups attached to an aromatic ring is 1. The molecule has 0 aliphatic rings. The number of aryl methyl sites for hydroxylation is 3. The van der Waals surface area contributed by atoms with Crippen LogP contribution in [0.3, 0.4) is 0 Å². The quantitative estimate of drug-likeness (QED) is 0.906. The average Bonchev–Trinajstić information content (AvgIpc) is 2.77. The maximum absolute atomic E-state index is 6.02. The van der Waals surface area contributed by atoms with Crippen LogP contribution in [-0.4, -0.2) is 19.1 Å². The van der Waals surface area contributed by atoms with Crippen LogP contribution in [0.25, 0.3) is 0 Å². The SMILES string of the molecule is CCc1nn(C)c(Sc2nc(C)ns2)c1N. The second-order valence-electron chi connectivity index (χ2n) is 3.35. The molecule has 2 rings (SSSR count). The van der Waals surface area contributed by atoms with Gasteiger partial charge < -0.3 is 5.73 Å². The molecule has 0 unspecified atom stereocenters. The minimum absolute atomic E-state index is 0.753. The number of hydrogen-bond acceptors (Lipinski definition) is 6. The van der Waals surface area contributed by atoms with Crippen LogP contribution in [0.5, 0.6) is 0 Å². The molecule has 0 fully saturated rings. The summed E-state index contributed by atoms with van der Waals surface area (Å²) in [6, 6.07) is 0. The van der Waals surface area contributed by atoms with Crippen molar-refractivity contribution in [2.24, 2.45) is 7.05 Å². The molecule has 0 saturated heterocycles. The summed E-state index contributed by atoms with van der Waals surface area (Å²) in [5.74, 6) is 0.795. The van der Waals surface area contributed by atoms with E-state index in [2.05, 4.69) is 14.5 Å². The number of anilines is 1. The van der Waals surface area contributed by atoms with Crippen molar-refractivity contribution in [1.29, 1.82) is 0 Å². The third kappa shape index (κ3) is 2.05. The van der Waals surface area contributed by atoms with Crippen molar-refractivity contribution >= 4 is 29.0 Å². The first-order valence-electron chi connectivity index (χ1n) is 4.91. The molecular formula is C9H13N5S2. The largest absolute Gasteiger partial charge is 0.395 e. The van der Waals surface area contributed by atoms with Gasteiger partial charge in [-0.3, -0.25) is 4.68 Å². The van der Waals surface area contributed by atoms with Gasteiger partial charge in [-0.1, -0.05) is 6.92 Å². The van der Waals surface area contributed by atoms with Crippen molar-refractivity contribution < 1.29 is 0 Å². The Balaban J connectivity index is 2.30. The van der Waals surface area contributed by atoms with E-state index in [1.54, 1.807) is 4.68 Å². The first-order valence-corrected chi connectivity index (χ1v) is 6.50. The van der Waals surface area contributed by atoms with Crippen LogP contribution in [0.4, 0.5) is 5.69 Å². The van der Waals surface area contributed by atoms with Gasteiger partial charge in [-0.05, 0) is 36.6 Å². The summed E-state index contributed by atoms with van der Waals surface area (Å²) in [5.41, 5.74) is 7.71. The fraction of sp³-hybridized carbons (Fsp3) is 0.444. The van der Waals surface area contributed by atoms with E-state index in [0.29, 0.717) is 0 Å². The monoisotopic (exact) mass is 255 g/mol. The van der Waals surface area contributed by atoms with Crippen LogP contribution in [0.1, 0.15) is 18.4 Å². The molecule has 0 bridgehead atoms. The minimum Gasteiger partial charge on any atom is -0.395 e. The molecule has 7 heteroatoms. The number of nitrogens with two attached hydrogens (primary N) is 1. The molecule has 2 heterocycles. The molecule has 0 atom stereocenters. The van der Waals surface area contributed by atoms with E-state index in [1.807, 2.05) is 20.9 Å². The third-order valence-corrected chi connectivity index (χ3v) is 4.15. The van der Waals surface area contributed by atoms with Gasteiger partial charge >= 0.3 is 0 Å². The lowest BCUT2D eigenvalue weighted by Crippen LogP contribution is -1.93. The molecule has 0 aliphatic carbocycles. The predicted octanol–water partition coefficient (Wildman–Crippen LogP) is 1.88. The second kappa shape index (κ2) is 4.42. The lowest BCUT2D eigenvalue weighted by atomic mass is 10.3. The van der Waals surface area contributed by atoms with Crippen molar-refractivity contribution in [2.45, 2.75) is 29.6 Å². The van der Waals surface area contributed by atoms with E-state index in [9.17, 15) is 0 Å². The van der Waals surface area contributed by atoms with Crippen LogP contribution < -0.4 is 5.73 Å². The van der Waals surface area contributed by atoms with E-state index < -0.39 is 0 Å². The molecule has 0 aliphatic heterocycles. The summed E-state index contributed by atoms with van der Waals surface area (Å²) < 4.78 is 6.84. The Morgan fingerprint density at radius 3 is 2.75 bits per heavy atom. The van der Waals surface area contributed by atoms with Gasteiger partial charge in [0.25, 0.3) is 0 Å². The van der Waals surface area contributed by atoms with E-state index in [1.165, 1.54) is 23.3 Å². The van der Waals surface area contributed by atoms with E-state index in [-0.39, 0.29) is 0 Å². The Bertz CT molecular complexity index is 502. The molecule has 2 aromatic rings. The van der Waals surface area contributed by atoms with Crippen molar-refractivity contribution in [3.8, 4) is 0 Å². The molecule has 0 radical (unpaired) electrons. The minimum atomic E-state index is 0.753. The van der Waals surface area contributed by atoms with Gasteiger partial charge in [0.05, 0.1) is 11.4 Å². The Labute approximate surface area is 102 Å². The Morgan fingerprint density at radius 1 is 1.50 bits per heavy atom. The highest BCUT2D eigenvalue weighted by Gasteiger charge is 2.14. The maximum Gasteiger partial charge on any atom is 0.176 e. The average molecular weight is 255 g/mol. The topological polar surface area (TPSA) is 69.6 Å². The van der Waals surface area contributed by atoms with Crippen LogP contribution in [-0.2, 0) is 13.5 Å². The van der Waals surface area contributed by atoms with Gasteiger partial charge in [-0.2, -0.15) is 9.47 Å². The van der Waals surface area contributed by atoms with Gasteiger partial charge in [0.15, 0.2) is 4.34 Å². The normalized spacial score (nSPS) is 10.9. The van der Waals surface area contributed by atoms with Crippen molar-refractivity contribution in [3.05, 3.63) is 11.5 Å². The van der Waals surface area contributed by atoms with E-state index in [0.717, 1.165) is 33.0 Å². The smallest absolute Gasteiger partial charge is 0.176 e. The van der Waals surface area contributed by atoms with Crippen molar-refractivity contribution in [2.75, 3.05) is 5.73 Å². The standard InChI is InChI=1S/C9H13N5S2/c1-4-6-7(10)8(14(3)12-6)15-9-11-5(2)13-16-9/h4,10H2,1-3H3. The van der Waals surface area contributed by atoms with Gasteiger partial charge in [-0.25, -0.2) is 4.98 Å². The molecule has 16 heavy (non-hydrogen) atoms. The summed E-state index contributed by atoms with van der Waals surface area (Å²) in [6.07, 6.45) is 0.843. The van der Waals surface area contributed by atoms with Gasteiger partial charge in [-0.15, -0.1) is 0 Å². The Kier molecular flexibility index (Phi) is 3.15. The Morgan fingerprint density at radius 2 is 2.25 bits per heavy atom. The van der Waals surface area contributed by atoms with Gasteiger partial charge in [0.2, 0.25) is 0 Å². The van der Waals surface area contributed by atoms with E-state index in [4.69, 9.17) is 5.73 Å². The Hall–Kier alpha value is -1.08. The van der Waals surface area contributed by atoms with Crippen LogP contribution in [0.15, 0.2) is 9.37 Å². The molecular weight excluding hydrogens is 242 g/mol. The molecule has 2 N–H and O–H groups in total. The third-order valence-electron chi connectivity index (χ3n) is 2.13. The summed E-state index contributed by atoms with van der Waals surface area (Å²) in [4.78, 5) is 4.30. The van der Waals surface area contributed by atoms with E-state index >= 15 is 0 Å². The highest BCUT2D eigenvalue weighted by molar-refractivity contribution is 8.01. The first-order chi connectivity index (χ1) is 7.61. The lowest BCUT2D eigenvalue weighted by molar-refractivity contribution is 0.687. The zero-order chi connectivity index (χ0) is 11.7. The van der Waals surface area contributed by atoms with Crippen molar-refractivity contribution in [1.82, 2.24) is 19.1 Å². The first kappa shape index (κ1) is 11.4. The summed E-state index contributed by atoms with van der Waals surface area (Å²) in [7, 11) is 1.89. The molecule has 5 nitrogen and oxygen atoms in total. The summed E-state index contributed by atoms with van der Waals surface area (Å²) in [5, 5.41) is 5.30. The lowest BCUT2D eigenvalue weighted by Gasteiger charge is -1.98. The molecule has 0 aromatic carbocycles. The second-order valence-corrected chi connectivity index (χ2v) is 5.34. The van der Waals surface area contributed by atoms with Crippen LogP contribution in [0.2, 0.25) is 0 Å². The van der Waals surface area contributed by atoms with Crippen molar-refractivity contribution in [3.63, 3.8) is 0 Å². The highest BCUT2D eigenvalue weighted by Crippen LogP contribution is 2.34. The number of hydrogen-bond donors (Lipinski definition) is 1. The number of nitrogens with zero attached hydrogens (tertiary/aromatic N) is 4. The van der Waals surface area contributed by atoms with Crippen LogP contribution >= 0.6 is 23.3 Å². The zero-order valence-corrected chi connectivity index (χ0v) is 11.0. The van der Waals surface area contributed by atoms with Crippen LogP contribution in [0, 0.1) is 6.92 Å². The molecule has 2 aromatic heterocycles. The molecule has 0 saturated carbocycles. The molecule has 0 spiro atoms. The van der Waals surface area contributed by atoms with Gasteiger partial charge in [0.1, 0.15) is 10.9 Å². The predicted molar refractivity (Wildman–Crippen MR) is 65.8 cm³/mol. The fourth-order valence-electron chi connectivity index (χ4n) is 1.36.